The second-order valence-corrected chi connectivity index (χ2v) is 6.81. The molecule has 1 aliphatic heterocycles. The Balaban J connectivity index is 2.42. The third-order valence-corrected chi connectivity index (χ3v) is 5.50. The van der Waals surface area contributed by atoms with Gasteiger partial charge in [-0.2, -0.15) is 4.31 Å². The Morgan fingerprint density at radius 2 is 2.00 bits per heavy atom. The maximum Gasteiger partial charge on any atom is 0.243 e. The SMILES string of the molecule is COc1ccc(S(=O)(=O)N2CCCC2)c(CCCl)c1. The minimum absolute atomic E-state index is 0.357. The van der Waals surface area contributed by atoms with Crippen LogP contribution in [-0.2, 0) is 16.4 Å². The van der Waals surface area contributed by atoms with Gasteiger partial charge in [-0.25, -0.2) is 8.42 Å². The molecule has 1 aromatic rings. The first-order valence-corrected chi connectivity index (χ1v) is 8.30. The average molecular weight is 304 g/mol. The number of methoxy groups -OCH3 is 1. The van der Waals surface area contributed by atoms with E-state index in [-0.39, 0.29) is 0 Å². The zero-order valence-corrected chi connectivity index (χ0v) is 12.5. The van der Waals surface area contributed by atoms with Crippen LogP contribution >= 0.6 is 11.6 Å². The number of nitrogens with zero attached hydrogens (tertiary/aromatic N) is 1. The molecule has 0 amide bonds. The number of aryl methyl sites for hydroxylation is 1. The second-order valence-electron chi connectivity index (χ2n) is 4.52. The van der Waals surface area contributed by atoms with Crippen molar-refractivity contribution in [3.05, 3.63) is 23.8 Å². The zero-order valence-electron chi connectivity index (χ0n) is 10.9. The first-order valence-electron chi connectivity index (χ1n) is 6.32. The molecular formula is C13H18ClNO3S. The van der Waals surface area contributed by atoms with Gasteiger partial charge in [-0.3, -0.25) is 0 Å². The van der Waals surface area contributed by atoms with Gasteiger partial charge in [0.25, 0.3) is 0 Å². The summed E-state index contributed by atoms with van der Waals surface area (Å²) in [5.41, 5.74) is 0.723. The van der Waals surface area contributed by atoms with Crippen LogP contribution in [0.25, 0.3) is 0 Å². The van der Waals surface area contributed by atoms with E-state index in [1.165, 1.54) is 0 Å². The molecular weight excluding hydrogens is 286 g/mol. The van der Waals surface area contributed by atoms with Gasteiger partial charge in [0.15, 0.2) is 0 Å². The average Bonchev–Trinajstić information content (AvgIpc) is 2.93. The fourth-order valence-electron chi connectivity index (χ4n) is 2.30. The van der Waals surface area contributed by atoms with Gasteiger partial charge < -0.3 is 4.74 Å². The number of benzene rings is 1. The van der Waals surface area contributed by atoms with Gasteiger partial charge in [-0.1, -0.05) is 0 Å². The number of rotatable bonds is 5. The molecule has 1 aliphatic rings. The minimum Gasteiger partial charge on any atom is -0.497 e. The smallest absolute Gasteiger partial charge is 0.243 e. The number of sulfonamides is 1. The lowest BCUT2D eigenvalue weighted by molar-refractivity contribution is 0.413. The van der Waals surface area contributed by atoms with Crippen molar-refractivity contribution in [1.29, 1.82) is 0 Å². The molecule has 0 radical (unpaired) electrons. The van der Waals surface area contributed by atoms with E-state index in [0.717, 1.165) is 18.4 Å². The molecule has 0 N–H and O–H groups in total. The van der Waals surface area contributed by atoms with Crippen LogP contribution in [0.1, 0.15) is 18.4 Å². The second kappa shape index (κ2) is 6.11. The molecule has 106 valence electrons. The van der Waals surface area contributed by atoms with Crippen molar-refractivity contribution in [2.75, 3.05) is 26.1 Å². The van der Waals surface area contributed by atoms with Gasteiger partial charge in [-0.15, -0.1) is 11.6 Å². The monoisotopic (exact) mass is 303 g/mol. The number of hydrogen-bond acceptors (Lipinski definition) is 3. The summed E-state index contributed by atoms with van der Waals surface area (Å²) in [6, 6.07) is 5.06. The molecule has 1 fully saturated rings. The quantitative estimate of drug-likeness (QED) is 0.784. The Bertz CT molecular complexity index is 539. The van der Waals surface area contributed by atoms with E-state index in [2.05, 4.69) is 0 Å². The van der Waals surface area contributed by atoms with E-state index in [1.807, 2.05) is 0 Å². The summed E-state index contributed by atoms with van der Waals surface area (Å²) in [5.74, 6) is 1.04. The molecule has 1 heterocycles. The number of hydrogen-bond donors (Lipinski definition) is 0. The van der Waals surface area contributed by atoms with Crippen molar-refractivity contribution in [2.45, 2.75) is 24.2 Å². The highest BCUT2D eigenvalue weighted by atomic mass is 35.5. The van der Waals surface area contributed by atoms with Crippen LogP contribution in [0.4, 0.5) is 0 Å². The summed E-state index contributed by atoms with van der Waals surface area (Å²) in [4.78, 5) is 0.357. The van der Waals surface area contributed by atoms with Crippen LogP contribution in [0, 0.1) is 0 Å². The molecule has 0 bridgehead atoms. The molecule has 4 nitrogen and oxygen atoms in total. The first kappa shape index (κ1) is 14.6. The van der Waals surface area contributed by atoms with Crippen LogP contribution in [0.2, 0.25) is 0 Å². The summed E-state index contributed by atoms with van der Waals surface area (Å²) >= 11 is 5.76. The maximum absolute atomic E-state index is 12.6. The van der Waals surface area contributed by atoms with E-state index in [4.69, 9.17) is 16.3 Å². The molecule has 0 spiro atoms. The lowest BCUT2D eigenvalue weighted by atomic mass is 10.1. The van der Waals surface area contributed by atoms with Crippen LogP contribution in [0.5, 0.6) is 5.75 Å². The molecule has 0 aromatic heterocycles. The largest absolute Gasteiger partial charge is 0.497 e. The summed E-state index contributed by atoms with van der Waals surface area (Å²) in [7, 11) is -1.83. The van der Waals surface area contributed by atoms with Crippen molar-refractivity contribution in [1.82, 2.24) is 4.31 Å². The van der Waals surface area contributed by atoms with Gasteiger partial charge in [0.1, 0.15) is 5.75 Å². The molecule has 0 saturated carbocycles. The standard InChI is InChI=1S/C13H18ClNO3S/c1-18-12-4-5-13(11(10-12)6-7-14)19(16,17)15-8-2-3-9-15/h4-5,10H,2-3,6-9H2,1H3. The molecule has 1 saturated heterocycles. The van der Waals surface area contributed by atoms with Gasteiger partial charge in [0, 0.05) is 19.0 Å². The van der Waals surface area contributed by atoms with E-state index in [1.54, 1.807) is 29.6 Å². The van der Waals surface area contributed by atoms with E-state index < -0.39 is 10.0 Å². The van der Waals surface area contributed by atoms with Gasteiger partial charge in [0.2, 0.25) is 10.0 Å². The topological polar surface area (TPSA) is 46.6 Å². The summed E-state index contributed by atoms with van der Waals surface area (Å²) in [5, 5.41) is 0. The van der Waals surface area contributed by atoms with Gasteiger partial charge in [-0.05, 0) is 43.0 Å². The van der Waals surface area contributed by atoms with Crippen molar-refractivity contribution in [3.63, 3.8) is 0 Å². The summed E-state index contributed by atoms with van der Waals surface area (Å²) in [6.45, 7) is 1.21. The molecule has 0 atom stereocenters. The number of alkyl halides is 1. The predicted molar refractivity (Wildman–Crippen MR) is 75.4 cm³/mol. The molecule has 0 unspecified atom stereocenters. The Hall–Kier alpha value is -0.780. The van der Waals surface area contributed by atoms with Gasteiger partial charge in [0.05, 0.1) is 12.0 Å². The van der Waals surface area contributed by atoms with Crippen LogP contribution < -0.4 is 4.74 Å². The highest BCUT2D eigenvalue weighted by molar-refractivity contribution is 7.89. The first-order chi connectivity index (χ1) is 9.09. The van der Waals surface area contributed by atoms with E-state index in [9.17, 15) is 8.42 Å². The molecule has 1 aromatic carbocycles. The lowest BCUT2D eigenvalue weighted by Gasteiger charge is -2.18. The third kappa shape index (κ3) is 3.04. The van der Waals surface area contributed by atoms with Gasteiger partial charge >= 0.3 is 0 Å². The minimum atomic E-state index is -3.40. The van der Waals surface area contributed by atoms with E-state index in [0.29, 0.717) is 36.0 Å². The Morgan fingerprint density at radius 3 is 2.58 bits per heavy atom. The van der Waals surface area contributed by atoms with E-state index >= 15 is 0 Å². The van der Waals surface area contributed by atoms with Crippen molar-refractivity contribution in [2.24, 2.45) is 0 Å². The summed E-state index contributed by atoms with van der Waals surface area (Å²) < 4.78 is 31.8. The third-order valence-electron chi connectivity index (χ3n) is 3.31. The lowest BCUT2D eigenvalue weighted by Crippen LogP contribution is -2.28. The molecule has 2 rings (SSSR count). The van der Waals surface area contributed by atoms with Crippen molar-refractivity contribution >= 4 is 21.6 Å². The number of ether oxygens (including phenoxy) is 1. The maximum atomic E-state index is 12.6. The van der Waals surface area contributed by atoms with Crippen molar-refractivity contribution < 1.29 is 13.2 Å². The highest BCUT2D eigenvalue weighted by Crippen LogP contribution is 2.27. The van der Waals surface area contributed by atoms with Crippen molar-refractivity contribution in [3.8, 4) is 5.75 Å². The van der Waals surface area contributed by atoms with Crippen LogP contribution in [0.3, 0.4) is 0 Å². The highest BCUT2D eigenvalue weighted by Gasteiger charge is 2.29. The molecule has 19 heavy (non-hydrogen) atoms. The van der Waals surface area contributed by atoms with Crippen LogP contribution in [-0.4, -0.2) is 38.8 Å². The Kier molecular flexibility index (Phi) is 4.71. The predicted octanol–water partition coefficient (Wildman–Crippen LogP) is 2.26. The fourth-order valence-corrected chi connectivity index (χ4v) is 4.25. The Labute approximate surface area is 119 Å². The normalized spacial score (nSPS) is 16.7. The molecule has 6 heteroatoms. The summed E-state index contributed by atoms with van der Waals surface area (Å²) in [6.07, 6.45) is 2.38. The fraction of sp³-hybridized carbons (Fsp3) is 0.538. The number of halogens is 1. The Morgan fingerprint density at radius 1 is 1.32 bits per heavy atom. The van der Waals surface area contributed by atoms with Crippen LogP contribution in [0.15, 0.2) is 23.1 Å². The molecule has 0 aliphatic carbocycles. The zero-order chi connectivity index (χ0) is 13.9.